The second-order valence-electron chi connectivity index (χ2n) is 10.4. The number of hydrogen-bond acceptors (Lipinski definition) is 5. The van der Waals surface area contributed by atoms with Gasteiger partial charge in [-0.2, -0.15) is 0 Å². The first-order valence-corrected chi connectivity index (χ1v) is 14.4. The highest BCUT2D eigenvalue weighted by Gasteiger charge is 2.14. The molecule has 0 saturated heterocycles. The number of nitrogens with one attached hydrogen (secondary N) is 3. The number of amides is 1. The van der Waals surface area contributed by atoms with Gasteiger partial charge in [0.15, 0.2) is 16.9 Å². The number of carbonyl (C=O) groups is 1. The van der Waals surface area contributed by atoms with Gasteiger partial charge in [-0.25, -0.2) is 0 Å². The van der Waals surface area contributed by atoms with Gasteiger partial charge in [0.2, 0.25) is 0 Å². The number of benzene rings is 4. The van der Waals surface area contributed by atoms with E-state index in [0.29, 0.717) is 27.4 Å². The van der Waals surface area contributed by atoms with Crippen molar-refractivity contribution in [2.45, 2.75) is 32.1 Å². The molecule has 7 nitrogen and oxygen atoms in total. The molecule has 1 heterocycles. The van der Waals surface area contributed by atoms with Gasteiger partial charge >= 0.3 is 0 Å². The maximum Gasteiger partial charge on any atom is 0.257 e. The zero-order chi connectivity index (χ0) is 29.3. The molecule has 0 saturated carbocycles. The van der Waals surface area contributed by atoms with Crippen LogP contribution in [0.4, 0.5) is 5.69 Å². The van der Waals surface area contributed by atoms with Crippen molar-refractivity contribution in [1.82, 2.24) is 10.3 Å². The minimum absolute atomic E-state index is 0.0799. The maximum atomic E-state index is 13.2. The molecule has 216 valence electrons. The summed E-state index contributed by atoms with van der Waals surface area (Å²) in [5, 5.41) is 7.63. The largest absolute Gasteiger partial charge is 0.493 e. The molecule has 3 N–H and O–H groups in total. The topological polar surface area (TPSA) is 92.5 Å². The predicted octanol–water partition coefficient (Wildman–Crippen LogP) is 6.50. The van der Waals surface area contributed by atoms with E-state index < -0.39 is 0 Å². The number of hydrogen-bond donors (Lipinski definition) is 3. The van der Waals surface area contributed by atoms with Crippen LogP contribution in [0.5, 0.6) is 11.5 Å². The van der Waals surface area contributed by atoms with Gasteiger partial charge in [-0.3, -0.25) is 9.59 Å². The van der Waals surface area contributed by atoms with Crippen LogP contribution in [0.15, 0.2) is 89.7 Å². The predicted molar refractivity (Wildman–Crippen MR) is 170 cm³/mol. The molecular weight excluding hydrogens is 526 g/mol. The van der Waals surface area contributed by atoms with Crippen LogP contribution >= 0.6 is 0 Å². The summed E-state index contributed by atoms with van der Waals surface area (Å²) in [4.78, 5) is 29.4. The van der Waals surface area contributed by atoms with Crippen molar-refractivity contribution < 1.29 is 14.3 Å². The molecule has 0 aliphatic heterocycles. The fourth-order valence-corrected chi connectivity index (χ4v) is 5.24. The van der Waals surface area contributed by atoms with E-state index in [1.54, 1.807) is 38.5 Å². The molecule has 0 spiro atoms. The number of anilines is 1. The van der Waals surface area contributed by atoms with Crippen LogP contribution in [-0.4, -0.2) is 38.2 Å². The van der Waals surface area contributed by atoms with E-state index in [2.05, 4.69) is 33.8 Å². The number of fused-ring (bicyclic) bond motifs is 2. The Balaban J connectivity index is 1.06. The molecule has 0 radical (unpaired) electrons. The fourth-order valence-electron chi connectivity index (χ4n) is 5.24. The zero-order valence-electron chi connectivity index (χ0n) is 24.2. The van der Waals surface area contributed by atoms with Crippen LogP contribution in [0.25, 0.3) is 21.8 Å². The number of rotatable bonds is 13. The smallest absolute Gasteiger partial charge is 0.257 e. The van der Waals surface area contributed by atoms with E-state index in [-0.39, 0.29) is 11.3 Å². The lowest BCUT2D eigenvalue weighted by molar-refractivity contribution is 0.102. The highest BCUT2D eigenvalue weighted by atomic mass is 16.5. The summed E-state index contributed by atoms with van der Waals surface area (Å²) < 4.78 is 10.7. The lowest BCUT2D eigenvalue weighted by Crippen LogP contribution is -2.18. The molecule has 0 aliphatic rings. The number of aromatic nitrogens is 1. The Morgan fingerprint density at radius 3 is 2.31 bits per heavy atom. The van der Waals surface area contributed by atoms with E-state index in [1.807, 2.05) is 42.5 Å². The molecule has 0 aliphatic carbocycles. The van der Waals surface area contributed by atoms with Gasteiger partial charge in [-0.05, 0) is 98.4 Å². The van der Waals surface area contributed by atoms with E-state index in [9.17, 15) is 9.59 Å². The Labute approximate surface area is 245 Å². The fraction of sp³-hybridized carbons (Fsp3) is 0.257. The first kappa shape index (κ1) is 28.9. The zero-order valence-corrected chi connectivity index (χ0v) is 24.2. The van der Waals surface area contributed by atoms with E-state index in [1.165, 1.54) is 11.1 Å². The number of aromatic amines is 1. The van der Waals surface area contributed by atoms with Gasteiger partial charge in [0.1, 0.15) is 0 Å². The lowest BCUT2D eigenvalue weighted by Gasteiger charge is -2.10. The number of carbonyl (C=O) groups excluding carboxylic acids is 1. The number of pyridine rings is 1. The normalized spacial score (nSPS) is 11.1. The molecule has 1 amide bonds. The maximum absolute atomic E-state index is 13.2. The highest BCUT2D eigenvalue weighted by Crippen LogP contribution is 2.27. The van der Waals surface area contributed by atoms with Crippen molar-refractivity contribution in [1.29, 1.82) is 0 Å². The van der Waals surface area contributed by atoms with Crippen molar-refractivity contribution in [3.8, 4) is 11.5 Å². The number of methoxy groups -OCH3 is 2. The minimum Gasteiger partial charge on any atom is -0.493 e. The third-order valence-electron chi connectivity index (χ3n) is 7.55. The Hall–Kier alpha value is -4.62. The summed E-state index contributed by atoms with van der Waals surface area (Å²) in [5.74, 6) is 1.27. The van der Waals surface area contributed by atoms with E-state index >= 15 is 0 Å². The van der Waals surface area contributed by atoms with Crippen molar-refractivity contribution in [2.24, 2.45) is 0 Å². The van der Waals surface area contributed by atoms with Gasteiger partial charge in [0.25, 0.3) is 5.91 Å². The van der Waals surface area contributed by atoms with Gasteiger partial charge in [0.05, 0.1) is 25.3 Å². The van der Waals surface area contributed by atoms with Crippen LogP contribution in [-0.2, 0) is 12.8 Å². The number of ether oxygens (including phenoxy) is 2. The number of unbranched alkanes of at least 4 members (excludes halogenated alkanes) is 2. The van der Waals surface area contributed by atoms with Crippen LogP contribution in [0.3, 0.4) is 0 Å². The summed E-state index contributed by atoms with van der Waals surface area (Å²) >= 11 is 0. The molecular formula is C35H37N3O4. The molecule has 0 fully saturated rings. The number of para-hydroxylation sites is 2. The van der Waals surface area contributed by atoms with Gasteiger partial charge in [-0.1, -0.05) is 42.8 Å². The van der Waals surface area contributed by atoms with Crippen molar-refractivity contribution in [2.75, 3.05) is 32.6 Å². The summed E-state index contributed by atoms with van der Waals surface area (Å²) in [5.41, 5.74) is 4.81. The molecule has 1 aromatic heterocycles. The first-order chi connectivity index (χ1) is 20.6. The van der Waals surface area contributed by atoms with Crippen LogP contribution in [0.2, 0.25) is 0 Å². The Kier molecular flexibility index (Phi) is 9.51. The second-order valence-corrected chi connectivity index (χ2v) is 10.4. The summed E-state index contributed by atoms with van der Waals surface area (Å²) in [7, 11) is 3.31. The van der Waals surface area contributed by atoms with Gasteiger partial charge in [0, 0.05) is 22.0 Å². The van der Waals surface area contributed by atoms with Crippen molar-refractivity contribution in [3.05, 3.63) is 112 Å². The highest BCUT2D eigenvalue weighted by molar-refractivity contribution is 6.13. The van der Waals surface area contributed by atoms with Gasteiger partial charge < -0.3 is 25.1 Å². The molecule has 0 bridgehead atoms. The molecule has 5 aromatic rings. The summed E-state index contributed by atoms with van der Waals surface area (Å²) in [6, 6.07) is 26.7. The van der Waals surface area contributed by atoms with Crippen LogP contribution in [0.1, 0.15) is 40.7 Å². The Morgan fingerprint density at radius 2 is 1.50 bits per heavy atom. The molecule has 0 atom stereocenters. The quantitative estimate of drug-likeness (QED) is 0.112. The monoisotopic (exact) mass is 563 g/mol. The summed E-state index contributed by atoms with van der Waals surface area (Å²) in [6.45, 7) is 1.92. The molecule has 42 heavy (non-hydrogen) atoms. The van der Waals surface area contributed by atoms with Crippen molar-refractivity contribution >= 4 is 33.4 Å². The van der Waals surface area contributed by atoms with E-state index in [4.69, 9.17) is 9.47 Å². The average Bonchev–Trinajstić information content (AvgIpc) is 3.02. The van der Waals surface area contributed by atoms with Crippen LogP contribution in [0, 0.1) is 0 Å². The number of aryl methyl sites for hydroxylation is 1. The molecule has 7 heteroatoms. The standard InChI is InChI=1S/C35H37N3O4/c1-41-31-19-16-25(23-32(31)42-2)20-22-36-21-7-3-4-9-24-14-17-26(18-15-24)37-35(40)29-12-8-11-28-33(29)38-30-13-6-5-10-27(30)34(28)39/h5-6,8,10-19,23,36H,3-4,7,9,20-22H2,1-2H3,(H,37,40)(H,38,39). The molecule has 4 aromatic carbocycles. The minimum atomic E-state index is -0.252. The molecule has 0 unspecified atom stereocenters. The van der Waals surface area contributed by atoms with Gasteiger partial charge in [-0.15, -0.1) is 0 Å². The van der Waals surface area contributed by atoms with Crippen molar-refractivity contribution in [3.63, 3.8) is 0 Å². The summed E-state index contributed by atoms with van der Waals surface area (Å²) in [6.07, 6.45) is 5.33. The number of H-pyrrole nitrogens is 1. The Bertz CT molecular complexity index is 1730. The Morgan fingerprint density at radius 1 is 0.738 bits per heavy atom. The SMILES string of the molecule is COc1ccc(CCNCCCCCc2ccc(NC(=O)c3cccc4c(=O)c5ccccc5[nH]c34)cc2)cc1OC. The average molecular weight is 564 g/mol. The second kappa shape index (κ2) is 13.8. The van der Waals surface area contributed by atoms with E-state index in [0.717, 1.165) is 62.4 Å². The first-order valence-electron chi connectivity index (χ1n) is 14.4. The molecule has 5 rings (SSSR count). The van der Waals surface area contributed by atoms with Crippen LogP contribution < -0.4 is 25.5 Å². The lowest BCUT2D eigenvalue weighted by atomic mass is 10.0. The third kappa shape index (κ3) is 6.81. The third-order valence-corrected chi connectivity index (χ3v) is 7.55.